The number of nitrogens with one attached hydrogen (secondary N) is 1. The Morgan fingerprint density at radius 3 is 2.47 bits per heavy atom. The molecule has 0 radical (unpaired) electrons. The van der Waals surface area contributed by atoms with E-state index in [0.29, 0.717) is 12.4 Å². The van der Waals surface area contributed by atoms with E-state index in [2.05, 4.69) is 44.5 Å². The number of nitrogens with zero attached hydrogens (tertiary/aromatic N) is 2. The average Bonchev–Trinajstić information content (AvgIpc) is 2.46. The smallest absolute Gasteiger partial charge is 0.358 e. The maximum absolute atomic E-state index is 11.2. The van der Waals surface area contributed by atoms with Gasteiger partial charge in [0.2, 0.25) is 0 Å². The van der Waals surface area contributed by atoms with E-state index in [1.165, 1.54) is 12.7 Å². The third kappa shape index (κ3) is 3.51. The van der Waals surface area contributed by atoms with Crippen molar-refractivity contribution < 1.29 is 9.53 Å². The SMILES string of the molecule is COC(=O)c1ccc(NCc2ccc(C)cc2)nn1. The van der Waals surface area contributed by atoms with Crippen LogP contribution in [-0.4, -0.2) is 23.3 Å². The number of hydrogen-bond acceptors (Lipinski definition) is 5. The van der Waals surface area contributed by atoms with Gasteiger partial charge in [0.1, 0.15) is 5.82 Å². The Balaban J connectivity index is 1.96. The number of esters is 1. The van der Waals surface area contributed by atoms with Gasteiger partial charge in [0.05, 0.1) is 7.11 Å². The number of methoxy groups -OCH3 is 1. The number of aromatic nitrogens is 2. The first kappa shape index (κ1) is 13.0. The molecule has 0 aliphatic carbocycles. The summed E-state index contributed by atoms with van der Waals surface area (Å²) >= 11 is 0. The first-order valence-electron chi connectivity index (χ1n) is 5.90. The Kier molecular flexibility index (Phi) is 4.07. The summed E-state index contributed by atoms with van der Waals surface area (Å²) in [6, 6.07) is 11.5. The minimum atomic E-state index is -0.488. The largest absolute Gasteiger partial charge is 0.464 e. The molecule has 0 spiro atoms. The van der Waals surface area contributed by atoms with Crippen LogP contribution in [0.1, 0.15) is 21.6 Å². The van der Waals surface area contributed by atoms with Crippen LogP contribution < -0.4 is 5.32 Å². The van der Waals surface area contributed by atoms with Crippen molar-refractivity contribution >= 4 is 11.8 Å². The zero-order valence-electron chi connectivity index (χ0n) is 10.9. The third-order valence-electron chi connectivity index (χ3n) is 2.65. The van der Waals surface area contributed by atoms with Gasteiger partial charge in [0, 0.05) is 6.54 Å². The van der Waals surface area contributed by atoms with Crippen molar-refractivity contribution in [3.63, 3.8) is 0 Å². The summed E-state index contributed by atoms with van der Waals surface area (Å²) in [7, 11) is 1.31. The number of benzene rings is 1. The molecule has 1 heterocycles. The summed E-state index contributed by atoms with van der Waals surface area (Å²) in [5, 5.41) is 10.8. The lowest BCUT2D eigenvalue weighted by Crippen LogP contribution is -2.08. The molecule has 0 saturated carbocycles. The minimum absolute atomic E-state index is 0.198. The fourth-order valence-corrected chi connectivity index (χ4v) is 1.54. The lowest BCUT2D eigenvalue weighted by molar-refractivity contribution is 0.0593. The van der Waals surface area contributed by atoms with Gasteiger partial charge in [-0.05, 0) is 24.6 Å². The van der Waals surface area contributed by atoms with Crippen molar-refractivity contribution in [2.24, 2.45) is 0 Å². The summed E-state index contributed by atoms with van der Waals surface area (Å²) < 4.78 is 4.55. The number of carbonyl (C=O) groups excluding carboxylic acids is 1. The Morgan fingerprint density at radius 1 is 1.16 bits per heavy atom. The molecule has 98 valence electrons. The topological polar surface area (TPSA) is 64.1 Å². The van der Waals surface area contributed by atoms with Gasteiger partial charge in [0.25, 0.3) is 0 Å². The van der Waals surface area contributed by atoms with Crippen LogP contribution in [0.15, 0.2) is 36.4 Å². The van der Waals surface area contributed by atoms with Crippen LogP contribution in [0.3, 0.4) is 0 Å². The molecule has 0 bridgehead atoms. The number of carbonyl (C=O) groups is 1. The van der Waals surface area contributed by atoms with Gasteiger partial charge in [-0.15, -0.1) is 10.2 Å². The number of aryl methyl sites for hydroxylation is 1. The molecule has 19 heavy (non-hydrogen) atoms. The fraction of sp³-hybridized carbons (Fsp3) is 0.214. The van der Waals surface area contributed by atoms with Crippen molar-refractivity contribution in [2.45, 2.75) is 13.5 Å². The van der Waals surface area contributed by atoms with Crippen LogP contribution in [0.25, 0.3) is 0 Å². The van der Waals surface area contributed by atoms with Gasteiger partial charge in [-0.3, -0.25) is 0 Å². The number of rotatable bonds is 4. The van der Waals surface area contributed by atoms with E-state index in [9.17, 15) is 4.79 Å². The van der Waals surface area contributed by atoms with Crippen molar-refractivity contribution in [1.82, 2.24) is 10.2 Å². The highest BCUT2D eigenvalue weighted by Gasteiger charge is 2.07. The normalized spacial score (nSPS) is 10.0. The molecule has 5 nitrogen and oxygen atoms in total. The Hall–Kier alpha value is -2.43. The molecule has 1 N–H and O–H groups in total. The molecule has 0 aliphatic rings. The van der Waals surface area contributed by atoms with Crippen LogP contribution in [0.4, 0.5) is 5.82 Å². The monoisotopic (exact) mass is 257 g/mol. The highest BCUT2D eigenvalue weighted by molar-refractivity contribution is 5.86. The molecule has 1 aromatic carbocycles. The zero-order valence-corrected chi connectivity index (χ0v) is 10.9. The van der Waals surface area contributed by atoms with Crippen LogP contribution >= 0.6 is 0 Å². The van der Waals surface area contributed by atoms with E-state index in [1.807, 2.05) is 6.92 Å². The summed E-state index contributed by atoms with van der Waals surface area (Å²) in [4.78, 5) is 11.2. The van der Waals surface area contributed by atoms with Crippen LogP contribution in [0, 0.1) is 6.92 Å². The number of ether oxygens (including phenoxy) is 1. The van der Waals surface area contributed by atoms with Gasteiger partial charge in [0.15, 0.2) is 5.69 Å². The van der Waals surface area contributed by atoms with Gasteiger partial charge in [-0.1, -0.05) is 29.8 Å². The minimum Gasteiger partial charge on any atom is -0.464 e. The van der Waals surface area contributed by atoms with Crippen LogP contribution in [0.5, 0.6) is 0 Å². The van der Waals surface area contributed by atoms with E-state index in [4.69, 9.17) is 0 Å². The molecule has 0 amide bonds. The molecule has 1 aromatic heterocycles. The molecule has 0 unspecified atom stereocenters. The Morgan fingerprint density at radius 2 is 1.89 bits per heavy atom. The van der Waals surface area contributed by atoms with Crippen molar-refractivity contribution in [2.75, 3.05) is 12.4 Å². The third-order valence-corrected chi connectivity index (χ3v) is 2.65. The van der Waals surface area contributed by atoms with Gasteiger partial charge < -0.3 is 10.1 Å². The average molecular weight is 257 g/mol. The predicted molar refractivity (Wildman–Crippen MR) is 71.9 cm³/mol. The lowest BCUT2D eigenvalue weighted by atomic mass is 10.1. The highest BCUT2D eigenvalue weighted by Crippen LogP contribution is 2.07. The highest BCUT2D eigenvalue weighted by atomic mass is 16.5. The zero-order chi connectivity index (χ0) is 13.7. The molecule has 5 heteroatoms. The second-order valence-electron chi connectivity index (χ2n) is 4.13. The fourth-order valence-electron chi connectivity index (χ4n) is 1.54. The molecule has 2 aromatic rings. The molecule has 2 rings (SSSR count). The number of hydrogen-bond donors (Lipinski definition) is 1. The van der Waals surface area contributed by atoms with Crippen molar-refractivity contribution in [3.05, 3.63) is 53.2 Å². The lowest BCUT2D eigenvalue weighted by Gasteiger charge is -2.05. The molecular weight excluding hydrogens is 242 g/mol. The van der Waals surface area contributed by atoms with Gasteiger partial charge >= 0.3 is 5.97 Å². The molecular formula is C14H15N3O2. The number of anilines is 1. The van der Waals surface area contributed by atoms with E-state index in [-0.39, 0.29) is 5.69 Å². The maximum atomic E-state index is 11.2. The van der Waals surface area contributed by atoms with E-state index >= 15 is 0 Å². The molecule has 0 atom stereocenters. The first-order valence-corrected chi connectivity index (χ1v) is 5.90. The van der Waals surface area contributed by atoms with Crippen LogP contribution in [0.2, 0.25) is 0 Å². The molecule has 0 aliphatic heterocycles. The van der Waals surface area contributed by atoms with E-state index in [1.54, 1.807) is 12.1 Å². The summed E-state index contributed by atoms with van der Waals surface area (Å²) in [6.45, 7) is 2.71. The molecule has 0 fully saturated rings. The summed E-state index contributed by atoms with van der Waals surface area (Å²) in [5.41, 5.74) is 2.58. The second kappa shape index (κ2) is 5.95. The Bertz CT molecular complexity index is 550. The van der Waals surface area contributed by atoms with Gasteiger partial charge in [-0.2, -0.15) is 0 Å². The first-order chi connectivity index (χ1) is 9.19. The molecule has 0 saturated heterocycles. The van der Waals surface area contributed by atoms with Crippen LogP contribution in [-0.2, 0) is 11.3 Å². The summed E-state index contributed by atoms with van der Waals surface area (Å²) in [5.74, 6) is 0.130. The second-order valence-corrected chi connectivity index (χ2v) is 4.13. The quantitative estimate of drug-likeness (QED) is 0.850. The maximum Gasteiger partial charge on any atom is 0.358 e. The van der Waals surface area contributed by atoms with E-state index < -0.39 is 5.97 Å². The van der Waals surface area contributed by atoms with Gasteiger partial charge in [-0.25, -0.2) is 4.79 Å². The predicted octanol–water partition coefficient (Wildman–Crippen LogP) is 2.18. The van der Waals surface area contributed by atoms with Crippen molar-refractivity contribution in [1.29, 1.82) is 0 Å². The summed E-state index contributed by atoms with van der Waals surface area (Å²) in [6.07, 6.45) is 0. The standard InChI is InChI=1S/C14H15N3O2/c1-10-3-5-11(6-4-10)9-15-13-8-7-12(16-17-13)14(18)19-2/h3-8H,9H2,1-2H3,(H,15,17). The van der Waals surface area contributed by atoms with E-state index in [0.717, 1.165) is 5.56 Å². The Labute approximate surface area is 111 Å². The van der Waals surface area contributed by atoms with Crippen molar-refractivity contribution in [3.8, 4) is 0 Å².